The van der Waals surface area contributed by atoms with Gasteiger partial charge in [-0.05, 0) is 58.6 Å². The molecule has 0 unspecified atom stereocenters. The summed E-state index contributed by atoms with van der Waals surface area (Å²) >= 11 is 0. The van der Waals surface area contributed by atoms with Crippen LogP contribution in [0.1, 0.15) is 0 Å². The number of furan rings is 2. The molecule has 256 valence electrons. The van der Waals surface area contributed by atoms with Crippen LogP contribution in [0.3, 0.4) is 0 Å². The number of nitrogens with zero attached hydrogens (tertiary/aromatic N) is 4. The fourth-order valence-electron chi connectivity index (χ4n) is 8.00. The third-order valence-electron chi connectivity index (χ3n) is 10.6. The van der Waals surface area contributed by atoms with Crippen molar-refractivity contribution < 1.29 is 13.3 Å². The molecule has 0 aliphatic heterocycles. The van der Waals surface area contributed by atoms with Crippen LogP contribution in [0.5, 0.6) is 0 Å². The van der Waals surface area contributed by atoms with Gasteiger partial charge in [-0.1, -0.05) is 115 Å². The molecule has 4 heterocycles. The van der Waals surface area contributed by atoms with Gasteiger partial charge in [0.2, 0.25) is 5.89 Å². The maximum absolute atomic E-state index is 6.59. The number of fused-ring (bicyclic) bond motifs is 11. The zero-order chi connectivity index (χ0) is 36.0. The summed E-state index contributed by atoms with van der Waals surface area (Å²) in [5.74, 6) is 2.16. The largest absolute Gasteiger partial charge is 0.456 e. The molecule has 0 radical (unpaired) electrons. The molecule has 0 fully saturated rings. The van der Waals surface area contributed by atoms with Gasteiger partial charge in [-0.15, -0.1) is 0 Å². The van der Waals surface area contributed by atoms with Gasteiger partial charge in [0, 0.05) is 43.6 Å². The van der Waals surface area contributed by atoms with Crippen LogP contribution < -0.4 is 0 Å². The summed E-state index contributed by atoms with van der Waals surface area (Å²) in [5, 5.41) is 8.41. The van der Waals surface area contributed by atoms with Crippen molar-refractivity contribution in [1.82, 2.24) is 19.9 Å². The van der Waals surface area contributed by atoms with E-state index < -0.39 is 0 Å². The van der Waals surface area contributed by atoms with E-state index in [2.05, 4.69) is 60.7 Å². The first-order chi connectivity index (χ1) is 27.2. The Labute approximate surface area is 312 Å². The Morgan fingerprint density at radius 1 is 0.345 bits per heavy atom. The molecule has 8 aromatic carbocycles. The van der Waals surface area contributed by atoms with Crippen LogP contribution in [-0.2, 0) is 0 Å². The molecule has 4 aromatic heterocycles. The number of para-hydroxylation sites is 1. The predicted octanol–water partition coefficient (Wildman–Crippen LogP) is 12.8. The highest BCUT2D eigenvalue weighted by Gasteiger charge is 2.21. The molecule has 0 saturated heterocycles. The SMILES string of the molecule is c1ccc(-c2nc(-c3ccc4c(c3)oc3cccc(-c5nc6ccc7ccccc7c6o5)c34)nc(-c3cccc4c3oc3ccc5ccccc5c34)n2)cc1. The van der Waals surface area contributed by atoms with Gasteiger partial charge in [0.15, 0.2) is 23.1 Å². The molecule has 0 aliphatic carbocycles. The van der Waals surface area contributed by atoms with E-state index in [1.54, 1.807) is 0 Å². The quantitative estimate of drug-likeness (QED) is 0.180. The van der Waals surface area contributed by atoms with Crippen molar-refractivity contribution in [3.8, 4) is 45.6 Å². The van der Waals surface area contributed by atoms with Crippen molar-refractivity contribution in [2.45, 2.75) is 0 Å². The molecule has 55 heavy (non-hydrogen) atoms. The topological polar surface area (TPSA) is 91.0 Å². The normalized spacial score (nSPS) is 12.0. The summed E-state index contributed by atoms with van der Waals surface area (Å²) < 4.78 is 19.6. The lowest BCUT2D eigenvalue weighted by molar-refractivity contribution is 0.623. The van der Waals surface area contributed by atoms with E-state index in [0.29, 0.717) is 28.9 Å². The number of benzene rings is 8. The maximum atomic E-state index is 6.59. The van der Waals surface area contributed by atoms with Gasteiger partial charge in [0.25, 0.3) is 0 Å². The van der Waals surface area contributed by atoms with Gasteiger partial charge in [-0.2, -0.15) is 0 Å². The number of hydrogen-bond acceptors (Lipinski definition) is 7. The summed E-state index contributed by atoms with van der Waals surface area (Å²) in [7, 11) is 0. The second kappa shape index (κ2) is 11.4. The van der Waals surface area contributed by atoms with Crippen LogP contribution in [0.2, 0.25) is 0 Å². The van der Waals surface area contributed by atoms with Gasteiger partial charge in [-0.25, -0.2) is 19.9 Å². The van der Waals surface area contributed by atoms with Crippen molar-refractivity contribution in [1.29, 1.82) is 0 Å². The molecule has 12 aromatic rings. The Bertz CT molecular complexity index is 3510. The Hall–Kier alpha value is -7.64. The van der Waals surface area contributed by atoms with E-state index in [1.807, 2.05) is 97.1 Å². The van der Waals surface area contributed by atoms with Crippen LogP contribution in [-0.4, -0.2) is 19.9 Å². The van der Waals surface area contributed by atoms with E-state index >= 15 is 0 Å². The summed E-state index contributed by atoms with van der Waals surface area (Å²) in [6, 6.07) is 53.0. The fraction of sp³-hybridized carbons (Fsp3) is 0. The number of hydrogen-bond donors (Lipinski definition) is 0. The van der Waals surface area contributed by atoms with Crippen LogP contribution in [0.4, 0.5) is 0 Å². The molecular formula is C48H26N4O3. The lowest BCUT2D eigenvalue weighted by Crippen LogP contribution is -2.00. The Morgan fingerprint density at radius 2 is 1.04 bits per heavy atom. The highest BCUT2D eigenvalue weighted by atomic mass is 16.4. The van der Waals surface area contributed by atoms with E-state index in [1.165, 1.54) is 0 Å². The second-order valence-corrected chi connectivity index (χ2v) is 13.8. The minimum Gasteiger partial charge on any atom is -0.456 e. The van der Waals surface area contributed by atoms with E-state index in [0.717, 1.165) is 93.2 Å². The van der Waals surface area contributed by atoms with E-state index in [9.17, 15) is 0 Å². The highest BCUT2D eigenvalue weighted by molar-refractivity contribution is 6.20. The van der Waals surface area contributed by atoms with Crippen molar-refractivity contribution in [2.75, 3.05) is 0 Å². The van der Waals surface area contributed by atoms with E-state index in [-0.39, 0.29) is 0 Å². The number of aromatic nitrogens is 4. The predicted molar refractivity (Wildman–Crippen MR) is 219 cm³/mol. The highest BCUT2D eigenvalue weighted by Crippen LogP contribution is 2.41. The van der Waals surface area contributed by atoms with Crippen LogP contribution >= 0.6 is 0 Å². The Kier molecular flexibility index (Phi) is 6.21. The van der Waals surface area contributed by atoms with Crippen LogP contribution in [0.25, 0.3) is 122 Å². The molecule has 0 N–H and O–H groups in total. The molecule has 7 heteroatoms. The third-order valence-corrected chi connectivity index (χ3v) is 10.6. The van der Waals surface area contributed by atoms with Crippen LogP contribution in [0, 0.1) is 0 Å². The first-order valence-electron chi connectivity index (χ1n) is 18.1. The smallest absolute Gasteiger partial charge is 0.228 e. The maximum Gasteiger partial charge on any atom is 0.228 e. The Morgan fingerprint density at radius 3 is 1.93 bits per heavy atom. The molecule has 12 rings (SSSR count). The molecule has 0 spiro atoms. The van der Waals surface area contributed by atoms with Crippen molar-refractivity contribution in [3.63, 3.8) is 0 Å². The monoisotopic (exact) mass is 706 g/mol. The fourth-order valence-corrected chi connectivity index (χ4v) is 8.00. The summed E-state index contributed by atoms with van der Waals surface area (Å²) in [6.45, 7) is 0. The molecule has 7 nitrogen and oxygen atoms in total. The number of oxazole rings is 1. The molecular weight excluding hydrogens is 681 g/mol. The molecule has 0 amide bonds. The van der Waals surface area contributed by atoms with Gasteiger partial charge in [0.05, 0.1) is 5.56 Å². The standard InChI is InChI=1S/C48H26N4O3/c1-2-12-29(13-3-1)45-50-46(52-47(51-45)36-18-8-16-34-41-31-14-6-4-10-27(31)22-25-39(41)54-43(34)36)30-20-23-33-40(26-30)53-38-19-9-17-35(42(33)38)48-49-37-24-21-28-11-5-7-15-32(28)44(37)55-48/h1-26H. The third kappa shape index (κ3) is 4.57. The summed E-state index contributed by atoms with van der Waals surface area (Å²) in [5.41, 5.74) is 7.92. The molecule has 0 aliphatic rings. The zero-order valence-corrected chi connectivity index (χ0v) is 29.0. The van der Waals surface area contributed by atoms with Gasteiger partial charge in [-0.3, -0.25) is 0 Å². The van der Waals surface area contributed by atoms with Gasteiger partial charge < -0.3 is 13.3 Å². The lowest BCUT2D eigenvalue weighted by atomic mass is 10.0. The molecule has 0 atom stereocenters. The average Bonchev–Trinajstić information content (AvgIpc) is 3.97. The summed E-state index contributed by atoms with van der Waals surface area (Å²) in [6.07, 6.45) is 0. The minimum absolute atomic E-state index is 0.522. The number of rotatable bonds is 4. The molecule has 0 saturated carbocycles. The first-order valence-corrected chi connectivity index (χ1v) is 18.1. The summed E-state index contributed by atoms with van der Waals surface area (Å²) in [4.78, 5) is 20.1. The van der Waals surface area contributed by atoms with Crippen molar-refractivity contribution in [2.24, 2.45) is 0 Å². The van der Waals surface area contributed by atoms with Gasteiger partial charge in [0.1, 0.15) is 27.8 Å². The lowest BCUT2D eigenvalue weighted by Gasteiger charge is -2.09. The van der Waals surface area contributed by atoms with Crippen molar-refractivity contribution >= 4 is 76.5 Å². The average molecular weight is 707 g/mol. The Balaban J connectivity index is 1.03. The minimum atomic E-state index is 0.522. The van der Waals surface area contributed by atoms with Gasteiger partial charge >= 0.3 is 0 Å². The van der Waals surface area contributed by atoms with Crippen molar-refractivity contribution in [3.05, 3.63) is 158 Å². The van der Waals surface area contributed by atoms with E-state index in [4.69, 9.17) is 33.2 Å². The zero-order valence-electron chi connectivity index (χ0n) is 29.0. The molecule has 0 bridgehead atoms. The van der Waals surface area contributed by atoms with Crippen LogP contribution in [0.15, 0.2) is 171 Å². The first kappa shape index (κ1) is 29.9. The second-order valence-electron chi connectivity index (χ2n) is 13.8.